The molecule has 30 heavy (non-hydrogen) atoms. The highest BCUT2D eigenvalue weighted by Crippen LogP contribution is 2.18. The Labute approximate surface area is 177 Å². The second kappa shape index (κ2) is 10.4. The summed E-state index contributed by atoms with van der Waals surface area (Å²) in [4.78, 5) is 39.8. The number of nitrogens with zero attached hydrogens (tertiary/aromatic N) is 1. The van der Waals surface area contributed by atoms with Crippen LogP contribution in [0.3, 0.4) is 0 Å². The van der Waals surface area contributed by atoms with Crippen molar-refractivity contribution >= 4 is 17.8 Å². The van der Waals surface area contributed by atoms with E-state index in [1.807, 2.05) is 13.8 Å². The highest BCUT2D eigenvalue weighted by molar-refractivity contribution is 5.99. The van der Waals surface area contributed by atoms with Crippen molar-refractivity contribution < 1.29 is 28.6 Å². The van der Waals surface area contributed by atoms with Gasteiger partial charge in [-0.3, -0.25) is 9.59 Å². The van der Waals surface area contributed by atoms with Crippen LogP contribution < -0.4 is 10.1 Å². The van der Waals surface area contributed by atoms with Crippen molar-refractivity contribution in [2.24, 2.45) is 5.92 Å². The van der Waals surface area contributed by atoms with E-state index in [2.05, 4.69) is 5.32 Å². The van der Waals surface area contributed by atoms with Gasteiger partial charge >= 0.3 is 5.97 Å². The topological polar surface area (TPSA) is 94.2 Å². The molecule has 0 aromatic heterocycles. The molecule has 1 aliphatic heterocycles. The van der Waals surface area contributed by atoms with Crippen molar-refractivity contribution in [3.05, 3.63) is 29.8 Å². The van der Waals surface area contributed by atoms with Crippen molar-refractivity contribution in [1.82, 2.24) is 10.2 Å². The minimum Gasteiger partial charge on any atom is -0.496 e. The lowest BCUT2D eigenvalue weighted by Crippen LogP contribution is -2.52. The van der Waals surface area contributed by atoms with Crippen LogP contribution in [-0.4, -0.2) is 67.2 Å². The van der Waals surface area contributed by atoms with Crippen molar-refractivity contribution in [3.63, 3.8) is 0 Å². The summed E-state index contributed by atoms with van der Waals surface area (Å²) >= 11 is 0. The van der Waals surface area contributed by atoms with Gasteiger partial charge in [0, 0.05) is 13.1 Å². The molecule has 1 saturated heterocycles. The molecule has 0 bridgehead atoms. The smallest absolute Gasteiger partial charge is 0.329 e. The van der Waals surface area contributed by atoms with Crippen molar-refractivity contribution in [2.75, 3.05) is 20.2 Å². The SMILES string of the molecule is COc1ccccc1C(=O)N[C@H](C(=O)O[C@H](C)C(=O)N1C[C@H](C)O[C@@H](C)C1)C(C)C. The summed E-state index contributed by atoms with van der Waals surface area (Å²) in [5.74, 6) is -1.20. The number of hydrogen-bond acceptors (Lipinski definition) is 6. The number of esters is 1. The molecule has 0 spiro atoms. The molecule has 1 aromatic rings. The monoisotopic (exact) mass is 420 g/mol. The maximum atomic E-state index is 12.8. The molecule has 1 heterocycles. The Balaban J connectivity index is 2.04. The maximum Gasteiger partial charge on any atom is 0.329 e. The van der Waals surface area contributed by atoms with Crippen LogP contribution in [0.4, 0.5) is 0 Å². The predicted molar refractivity (Wildman–Crippen MR) is 111 cm³/mol. The molecule has 8 nitrogen and oxygen atoms in total. The Morgan fingerprint density at radius 2 is 1.70 bits per heavy atom. The zero-order valence-electron chi connectivity index (χ0n) is 18.5. The van der Waals surface area contributed by atoms with Gasteiger partial charge in [0.2, 0.25) is 0 Å². The van der Waals surface area contributed by atoms with Crippen LogP contribution in [0, 0.1) is 5.92 Å². The molecule has 1 aliphatic rings. The number of ether oxygens (including phenoxy) is 3. The summed E-state index contributed by atoms with van der Waals surface area (Å²) in [6, 6.07) is 5.85. The first kappa shape index (κ1) is 23.7. The third-order valence-corrected chi connectivity index (χ3v) is 4.93. The third-order valence-electron chi connectivity index (χ3n) is 4.93. The van der Waals surface area contributed by atoms with Gasteiger partial charge in [0.25, 0.3) is 11.8 Å². The summed E-state index contributed by atoms with van der Waals surface area (Å²) in [5.41, 5.74) is 0.318. The predicted octanol–water partition coefficient (Wildman–Crippen LogP) is 2.02. The largest absolute Gasteiger partial charge is 0.496 e. The number of benzene rings is 1. The molecule has 0 unspecified atom stereocenters. The van der Waals surface area contributed by atoms with Gasteiger partial charge in [-0.25, -0.2) is 4.79 Å². The fourth-order valence-electron chi connectivity index (χ4n) is 3.46. The molecule has 0 saturated carbocycles. The fourth-order valence-corrected chi connectivity index (χ4v) is 3.46. The van der Waals surface area contributed by atoms with Crippen LogP contribution in [-0.2, 0) is 19.1 Å². The first-order valence-electron chi connectivity index (χ1n) is 10.2. The van der Waals surface area contributed by atoms with Gasteiger partial charge in [-0.05, 0) is 38.8 Å². The molecule has 8 heteroatoms. The molecular weight excluding hydrogens is 388 g/mol. The fraction of sp³-hybridized carbons (Fsp3) is 0.591. The average Bonchev–Trinajstić information content (AvgIpc) is 2.69. The quantitative estimate of drug-likeness (QED) is 0.679. The van der Waals surface area contributed by atoms with E-state index in [1.165, 1.54) is 7.11 Å². The van der Waals surface area contributed by atoms with Gasteiger partial charge in [0.1, 0.15) is 11.8 Å². The number of hydrogen-bond donors (Lipinski definition) is 1. The van der Waals surface area contributed by atoms with Gasteiger partial charge in [-0.15, -0.1) is 0 Å². The van der Waals surface area contributed by atoms with Gasteiger partial charge < -0.3 is 24.4 Å². The van der Waals surface area contributed by atoms with E-state index in [9.17, 15) is 14.4 Å². The van der Waals surface area contributed by atoms with E-state index in [0.29, 0.717) is 24.4 Å². The normalized spacial score (nSPS) is 21.0. The highest BCUT2D eigenvalue weighted by Gasteiger charge is 2.33. The number of para-hydroxylation sites is 1. The van der Waals surface area contributed by atoms with Crippen molar-refractivity contribution in [3.8, 4) is 5.75 Å². The molecule has 1 N–H and O–H groups in total. The van der Waals surface area contributed by atoms with Gasteiger partial charge in [-0.1, -0.05) is 26.0 Å². The van der Waals surface area contributed by atoms with Gasteiger partial charge in [-0.2, -0.15) is 0 Å². The first-order valence-corrected chi connectivity index (χ1v) is 10.2. The van der Waals surface area contributed by atoms with E-state index < -0.39 is 24.0 Å². The van der Waals surface area contributed by atoms with Gasteiger partial charge in [0.15, 0.2) is 6.10 Å². The molecule has 0 aliphatic carbocycles. The molecule has 166 valence electrons. The minimum atomic E-state index is -0.959. The Morgan fingerprint density at radius 3 is 2.27 bits per heavy atom. The number of morpholine rings is 1. The second-order valence-electron chi connectivity index (χ2n) is 7.98. The average molecular weight is 421 g/mol. The van der Waals surface area contributed by atoms with Crippen molar-refractivity contribution in [1.29, 1.82) is 0 Å². The Kier molecular flexibility index (Phi) is 8.23. The number of nitrogens with one attached hydrogen (secondary N) is 1. The summed E-state index contributed by atoms with van der Waals surface area (Å²) in [7, 11) is 1.47. The Morgan fingerprint density at radius 1 is 1.10 bits per heavy atom. The first-order chi connectivity index (χ1) is 14.1. The summed E-state index contributed by atoms with van der Waals surface area (Å²) in [6.07, 6.45) is -1.12. The summed E-state index contributed by atoms with van der Waals surface area (Å²) < 4.78 is 16.3. The number of carbonyl (C=O) groups is 3. The highest BCUT2D eigenvalue weighted by atomic mass is 16.6. The standard InChI is InChI=1S/C22H32N2O6/c1-13(2)19(23-20(25)17-9-7-8-10-18(17)28-6)22(27)30-16(5)21(26)24-11-14(3)29-15(4)12-24/h7-10,13-16,19H,11-12H2,1-6H3,(H,23,25)/t14-,15-,16+,19-/m0/s1. The van der Waals surface area contributed by atoms with E-state index in [0.717, 1.165) is 0 Å². The maximum absolute atomic E-state index is 12.8. The van der Waals surface area contributed by atoms with Crippen LogP contribution >= 0.6 is 0 Å². The molecule has 0 radical (unpaired) electrons. The summed E-state index contributed by atoms with van der Waals surface area (Å²) in [5, 5.41) is 2.71. The summed E-state index contributed by atoms with van der Waals surface area (Å²) in [6.45, 7) is 9.83. The Hall–Kier alpha value is -2.61. The van der Waals surface area contributed by atoms with E-state index in [4.69, 9.17) is 14.2 Å². The zero-order valence-corrected chi connectivity index (χ0v) is 18.5. The van der Waals surface area contributed by atoms with E-state index in [1.54, 1.807) is 49.9 Å². The minimum absolute atomic E-state index is 0.0795. The lowest BCUT2D eigenvalue weighted by Gasteiger charge is -2.36. The van der Waals surface area contributed by atoms with Crippen LogP contribution in [0.5, 0.6) is 5.75 Å². The second-order valence-corrected chi connectivity index (χ2v) is 7.98. The molecule has 1 fully saturated rings. The van der Waals surface area contributed by atoms with Crippen LogP contribution in [0.1, 0.15) is 45.0 Å². The van der Waals surface area contributed by atoms with Crippen LogP contribution in [0.15, 0.2) is 24.3 Å². The lowest BCUT2D eigenvalue weighted by atomic mass is 10.0. The molecule has 2 rings (SSSR count). The van der Waals surface area contributed by atoms with E-state index >= 15 is 0 Å². The Bertz CT molecular complexity index is 756. The number of rotatable bonds is 7. The third kappa shape index (κ3) is 5.95. The van der Waals surface area contributed by atoms with Crippen molar-refractivity contribution in [2.45, 2.75) is 59.0 Å². The zero-order chi connectivity index (χ0) is 22.4. The number of carbonyl (C=O) groups excluding carboxylic acids is 3. The van der Waals surface area contributed by atoms with E-state index in [-0.39, 0.29) is 24.0 Å². The molecular formula is C22H32N2O6. The lowest BCUT2D eigenvalue weighted by molar-refractivity contribution is -0.166. The van der Waals surface area contributed by atoms with Crippen LogP contribution in [0.2, 0.25) is 0 Å². The van der Waals surface area contributed by atoms with Crippen LogP contribution in [0.25, 0.3) is 0 Å². The number of methoxy groups -OCH3 is 1. The molecule has 2 amide bonds. The number of amides is 2. The molecule has 4 atom stereocenters. The molecule has 1 aromatic carbocycles. The van der Waals surface area contributed by atoms with Gasteiger partial charge in [0.05, 0.1) is 24.9 Å².